The average Bonchev–Trinajstić information content (AvgIpc) is 3.52. The first kappa shape index (κ1) is 31.5. The van der Waals surface area contributed by atoms with Gasteiger partial charge in [0.25, 0.3) is 0 Å². The molecule has 0 unspecified atom stereocenters. The van der Waals surface area contributed by atoms with Crippen molar-refractivity contribution >= 4 is 11.9 Å². The molecule has 2 N–H and O–H groups in total. The highest BCUT2D eigenvalue weighted by molar-refractivity contribution is 5.92. The molecule has 238 valence electrons. The molecule has 5 rings (SSSR count). The highest BCUT2D eigenvalue weighted by Crippen LogP contribution is 2.61. The summed E-state index contributed by atoms with van der Waals surface area (Å²) >= 11 is 0. The first-order valence-corrected chi connectivity index (χ1v) is 14.3. The minimum absolute atomic E-state index is 0.0253. The van der Waals surface area contributed by atoms with Crippen LogP contribution in [-0.4, -0.2) is 55.9 Å². The molecule has 11 nitrogen and oxygen atoms in total. The van der Waals surface area contributed by atoms with E-state index in [1.807, 2.05) is 0 Å². The van der Waals surface area contributed by atoms with Gasteiger partial charge in [-0.05, 0) is 45.0 Å². The van der Waals surface area contributed by atoms with Crippen LogP contribution in [0.5, 0.6) is 34.5 Å². The van der Waals surface area contributed by atoms with Gasteiger partial charge < -0.3 is 43.4 Å². The predicted octanol–water partition coefficient (Wildman–Crippen LogP) is 5.66. The number of methoxy groups -OCH3 is 3. The van der Waals surface area contributed by atoms with Gasteiger partial charge in [-0.1, -0.05) is 31.2 Å². The molecule has 1 aliphatic heterocycles. The second-order valence-corrected chi connectivity index (χ2v) is 11.0. The Morgan fingerprint density at radius 1 is 0.956 bits per heavy atom. The number of hydrogen-bond donors (Lipinski definition) is 2. The van der Waals surface area contributed by atoms with Crippen molar-refractivity contribution in [2.75, 3.05) is 28.1 Å². The Morgan fingerprint density at radius 2 is 1.64 bits per heavy atom. The van der Waals surface area contributed by atoms with Crippen molar-refractivity contribution in [1.82, 2.24) is 0 Å². The van der Waals surface area contributed by atoms with Gasteiger partial charge in [0, 0.05) is 33.7 Å². The Bertz CT molecular complexity index is 1660. The summed E-state index contributed by atoms with van der Waals surface area (Å²) < 4.78 is 40.7. The Balaban J connectivity index is 1.90. The number of ether oxygens (including phenoxy) is 7. The number of fused-ring (bicyclic) bond motifs is 4. The molecule has 45 heavy (non-hydrogen) atoms. The summed E-state index contributed by atoms with van der Waals surface area (Å²) in [6.45, 7) is 6.32. The summed E-state index contributed by atoms with van der Waals surface area (Å²) in [5.41, 5.74) is -0.471. The summed E-state index contributed by atoms with van der Waals surface area (Å²) in [5, 5.41) is 24.3. The number of phenolic OH excluding ortho intramolecular Hbond substituents is 1. The summed E-state index contributed by atoms with van der Waals surface area (Å²) in [5.74, 6) is -1.87. The van der Waals surface area contributed by atoms with Crippen molar-refractivity contribution in [2.45, 2.75) is 45.5 Å². The Hall–Kier alpha value is -4.90. The van der Waals surface area contributed by atoms with Gasteiger partial charge in [0.2, 0.25) is 18.3 Å². The maximum atomic E-state index is 13.6. The molecule has 1 heterocycles. The Morgan fingerprint density at radius 3 is 2.27 bits per heavy atom. The average molecular weight is 621 g/mol. The molecule has 3 aromatic carbocycles. The molecule has 1 aliphatic carbocycles. The molecule has 0 fully saturated rings. The van der Waals surface area contributed by atoms with Crippen LogP contribution in [0.2, 0.25) is 0 Å². The van der Waals surface area contributed by atoms with Gasteiger partial charge in [-0.2, -0.15) is 0 Å². The van der Waals surface area contributed by atoms with E-state index in [2.05, 4.69) is 0 Å². The molecule has 0 aromatic heterocycles. The molecule has 0 saturated heterocycles. The molecule has 2 aliphatic rings. The summed E-state index contributed by atoms with van der Waals surface area (Å²) in [6.07, 6.45) is -1.02. The highest BCUT2D eigenvalue weighted by atomic mass is 16.7. The number of rotatable bonds is 7. The van der Waals surface area contributed by atoms with Gasteiger partial charge in [-0.25, -0.2) is 9.59 Å². The number of benzene rings is 3. The van der Waals surface area contributed by atoms with Crippen LogP contribution in [0.25, 0.3) is 11.1 Å². The number of carbonyl (C=O) groups excluding carboxylic acids is 2. The molecule has 11 heteroatoms. The van der Waals surface area contributed by atoms with Gasteiger partial charge in [0.05, 0.1) is 26.9 Å². The fourth-order valence-electron chi connectivity index (χ4n) is 5.73. The smallest absolute Gasteiger partial charge is 0.338 e. The maximum Gasteiger partial charge on any atom is 0.338 e. The number of allylic oxidation sites excluding steroid dienone is 1. The largest absolute Gasteiger partial charge is 0.504 e. The molecule has 0 saturated carbocycles. The van der Waals surface area contributed by atoms with Crippen molar-refractivity contribution in [3.8, 4) is 45.6 Å². The lowest BCUT2D eigenvalue weighted by Crippen LogP contribution is -2.46. The number of aromatic hydroxyl groups is 1. The number of phenols is 1. The first-order chi connectivity index (χ1) is 21.5. The predicted molar refractivity (Wildman–Crippen MR) is 162 cm³/mol. The van der Waals surface area contributed by atoms with Crippen LogP contribution in [0.3, 0.4) is 0 Å². The van der Waals surface area contributed by atoms with Crippen LogP contribution >= 0.6 is 0 Å². The van der Waals surface area contributed by atoms with E-state index in [-0.39, 0.29) is 52.0 Å². The second kappa shape index (κ2) is 12.2. The van der Waals surface area contributed by atoms with Gasteiger partial charge in [-0.15, -0.1) is 0 Å². The number of aliphatic hydroxyl groups is 1. The second-order valence-electron chi connectivity index (χ2n) is 11.0. The van der Waals surface area contributed by atoms with E-state index in [4.69, 9.17) is 33.2 Å². The minimum atomic E-state index is -1.91. The number of carbonyl (C=O) groups is 2. The lowest BCUT2D eigenvalue weighted by Gasteiger charge is -2.43. The number of hydrogen-bond acceptors (Lipinski definition) is 11. The van der Waals surface area contributed by atoms with E-state index in [1.165, 1.54) is 34.3 Å². The van der Waals surface area contributed by atoms with Crippen LogP contribution in [0.4, 0.5) is 0 Å². The van der Waals surface area contributed by atoms with Gasteiger partial charge in [0.15, 0.2) is 29.1 Å². The molecular weight excluding hydrogens is 584 g/mol. The van der Waals surface area contributed by atoms with Crippen LogP contribution in [-0.2, 0) is 14.3 Å². The van der Waals surface area contributed by atoms with Crippen molar-refractivity contribution < 1.29 is 53.0 Å². The summed E-state index contributed by atoms with van der Waals surface area (Å²) in [7, 11) is 4.18. The van der Waals surface area contributed by atoms with E-state index in [0.717, 1.165) is 0 Å². The Labute approximate surface area is 260 Å². The summed E-state index contributed by atoms with van der Waals surface area (Å²) in [6, 6.07) is 11.6. The van der Waals surface area contributed by atoms with E-state index in [9.17, 15) is 19.8 Å². The van der Waals surface area contributed by atoms with Crippen molar-refractivity contribution in [1.29, 1.82) is 0 Å². The lowest BCUT2D eigenvalue weighted by atomic mass is 9.71. The fraction of sp³-hybridized carbons (Fsp3) is 0.353. The highest BCUT2D eigenvalue weighted by Gasteiger charge is 2.51. The third kappa shape index (κ3) is 5.27. The molecule has 0 bridgehead atoms. The van der Waals surface area contributed by atoms with Crippen LogP contribution in [0.1, 0.15) is 61.4 Å². The topological polar surface area (TPSA) is 139 Å². The van der Waals surface area contributed by atoms with E-state index in [0.29, 0.717) is 16.9 Å². The van der Waals surface area contributed by atoms with Crippen LogP contribution in [0.15, 0.2) is 54.1 Å². The van der Waals surface area contributed by atoms with Crippen molar-refractivity contribution in [3.63, 3.8) is 0 Å². The standard InChI is InChI=1S/C34H36O11/c1-8-17(2)32(36)45-31-21-15-22(39-5)28(40-6)26(35)24(21)25-20(14-23-29(30(25)41-7)43-16-42-23)27(18(3)34(31,4)38)44-33(37)19-12-10-9-11-13-19/h8-15,18,27,31,35,38H,16H2,1-7H3/t18-,27+,31-,34-/m0/s1. The zero-order valence-electron chi connectivity index (χ0n) is 26.1. The third-order valence-electron chi connectivity index (χ3n) is 8.50. The van der Waals surface area contributed by atoms with E-state index < -0.39 is 41.4 Å². The monoisotopic (exact) mass is 620 g/mol. The summed E-state index contributed by atoms with van der Waals surface area (Å²) in [4.78, 5) is 26.9. The lowest BCUT2D eigenvalue weighted by molar-refractivity contribution is -0.174. The molecule has 0 radical (unpaired) electrons. The zero-order valence-corrected chi connectivity index (χ0v) is 26.1. The van der Waals surface area contributed by atoms with Crippen molar-refractivity contribution in [2.24, 2.45) is 5.92 Å². The zero-order chi connectivity index (χ0) is 32.6. The van der Waals surface area contributed by atoms with Crippen LogP contribution < -0.4 is 23.7 Å². The first-order valence-electron chi connectivity index (χ1n) is 14.3. The van der Waals surface area contributed by atoms with Gasteiger partial charge in [-0.3, -0.25) is 0 Å². The van der Waals surface area contributed by atoms with E-state index in [1.54, 1.807) is 63.2 Å². The molecule has 0 amide bonds. The minimum Gasteiger partial charge on any atom is -0.504 e. The normalized spacial score (nSPS) is 21.9. The fourth-order valence-corrected chi connectivity index (χ4v) is 5.73. The Kier molecular flexibility index (Phi) is 8.57. The molecule has 3 aromatic rings. The third-order valence-corrected chi connectivity index (χ3v) is 8.50. The van der Waals surface area contributed by atoms with Crippen molar-refractivity contribution in [3.05, 3.63) is 70.8 Å². The number of esters is 2. The molecule has 4 atom stereocenters. The van der Waals surface area contributed by atoms with Crippen LogP contribution in [0, 0.1) is 5.92 Å². The van der Waals surface area contributed by atoms with E-state index >= 15 is 0 Å². The molecular formula is C34H36O11. The SMILES string of the molecule is CC=C(C)C(=O)O[C@H]1c2cc(OC)c(OC)c(O)c2-c2c(cc3c(c2OC)OCO3)[C@H](OC(=O)c2ccccc2)[C@H](C)[C@]1(C)O. The maximum absolute atomic E-state index is 13.6. The quantitative estimate of drug-likeness (QED) is 0.250. The van der Waals surface area contributed by atoms with Gasteiger partial charge in [0.1, 0.15) is 11.7 Å². The molecule has 0 spiro atoms. The van der Waals surface area contributed by atoms with Gasteiger partial charge >= 0.3 is 11.9 Å².